The van der Waals surface area contributed by atoms with Crippen molar-refractivity contribution in [3.8, 4) is 5.75 Å². The van der Waals surface area contributed by atoms with E-state index < -0.39 is 0 Å². The minimum absolute atomic E-state index is 0.134. The number of carbonyl (C=O) groups is 1. The van der Waals surface area contributed by atoms with Gasteiger partial charge in [0.15, 0.2) is 0 Å². The minimum Gasteiger partial charge on any atom is -0.497 e. The lowest BCUT2D eigenvalue weighted by Gasteiger charge is -2.12. The summed E-state index contributed by atoms with van der Waals surface area (Å²) in [6, 6.07) is 5.44. The predicted molar refractivity (Wildman–Crippen MR) is 80.8 cm³/mol. The standard InChI is InChI=1S/C15H20N4O2/c1-9-8-10(21-5)6-7-11(9)16-13(20)12-17-14(19-18-12)15(2,3)4/h6-8H,1-5H3,(H,16,20)(H,17,18,19). The third-order valence-electron chi connectivity index (χ3n) is 3.08. The summed E-state index contributed by atoms with van der Waals surface area (Å²) in [5, 5.41) is 9.58. The Balaban J connectivity index is 2.16. The Hall–Kier alpha value is -2.37. The lowest BCUT2D eigenvalue weighted by Crippen LogP contribution is -2.16. The van der Waals surface area contributed by atoms with Crippen LogP contribution in [-0.2, 0) is 5.41 Å². The first-order chi connectivity index (χ1) is 9.81. The molecule has 0 aliphatic carbocycles. The van der Waals surface area contributed by atoms with Crippen LogP contribution in [0.3, 0.4) is 0 Å². The fourth-order valence-corrected chi connectivity index (χ4v) is 1.78. The highest BCUT2D eigenvalue weighted by Crippen LogP contribution is 2.22. The molecule has 1 aromatic heterocycles. The first kappa shape index (κ1) is 15.0. The Morgan fingerprint density at radius 3 is 2.57 bits per heavy atom. The van der Waals surface area contributed by atoms with Crippen molar-refractivity contribution >= 4 is 11.6 Å². The van der Waals surface area contributed by atoms with E-state index in [9.17, 15) is 4.79 Å². The molecular formula is C15H20N4O2. The number of aromatic nitrogens is 3. The zero-order valence-electron chi connectivity index (χ0n) is 12.9. The first-order valence-electron chi connectivity index (χ1n) is 6.70. The van der Waals surface area contributed by atoms with Crippen LogP contribution in [0.25, 0.3) is 0 Å². The van der Waals surface area contributed by atoms with Crippen LogP contribution in [-0.4, -0.2) is 28.2 Å². The monoisotopic (exact) mass is 288 g/mol. The molecule has 0 radical (unpaired) electrons. The number of hydrogen-bond acceptors (Lipinski definition) is 4. The molecule has 1 amide bonds. The summed E-state index contributed by atoms with van der Waals surface area (Å²) >= 11 is 0. The van der Waals surface area contributed by atoms with Gasteiger partial charge in [-0.2, -0.15) is 0 Å². The van der Waals surface area contributed by atoms with E-state index in [0.29, 0.717) is 11.5 Å². The molecule has 0 unspecified atom stereocenters. The highest BCUT2D eigenvalue weighted by molar-refractivity contribution is 6.01. The van der Waals surface area contributed by atoms with Crippen molar-refractivity contribution in [2.75, 3.05) is 12.4 Å². The lowest BCUT2D eigenvalue weighted by atomic mass is 9.96. The third kappa shape index (κ3) is 3.39. The normalized spacial score (nSPS) is 11.3. The number of nitrogens with one attached hydrogen (secondary N) is 2. The highest BCUT2D eigenvalue weighted by Gasteiger charge is 2.21. The number of anilines is 1. The number of ether oxygens (including phenoxy) is 1. The van der Waals surface area contributed by atoms with Gasteiger partial charge in [-0.3, -0.25) is 9.89 Å². The molecule has 0 aliphatic rings. The number of nitrogens with zero attached hydrogens (tertiary/aromatic N) is 2. The summed E-state index contributed by atoms with van der Waals surface area (Å²) in [6.07, 6.45) is 0. The smallest absolute Gasteiger partial charge is 0.295 e. The number of rotatable bonds is 3. The number of amides is 1. The van der Waals surface area contributed by atoms with Crippen molar-refractivity contribution in [3.05, 3.63) is 35.4 Å². The van der Waals surface area contributed by atoms with Crippen LogP contribution < -0.4 is 10.1 Å². The molecule has 0 saturated carbocycles. The van der Waals surface area contributed by atoms with Gasteiger partial charge in [0.2, 0.25) is 5.82 Å². The molecule has 0 atom stereocenters. The second-order valence-electron chi connectivity index (χ2n) is 5.89. The van der Waals surface area contributed by atoms with Crippen LogP contribution in [0.2, 0.25) is 0 Å². The molecule has 2 rings (SSSR count). The predicted octanol–water partition coefficient (Wildman–Crippen LogP) is 2.67. The van der Waals surface area contributed by atoms with Gasteiger partial charge in [0.1, 0.15) is 11.6 Å². The molecule has 1 heterocycles. The SMILES string of the molecule is COc1ccc(NC(=O)c2n[nH]c(C(C)(C)C)n2)c(C)c1. The van der Waals surface area contributed by atoms with Gasteiger partial charge in [-0.1, -0.05) is 20.8 Å². The summed E-state index contributed by atoms with van der Waals surface area (Å²) in [6.45, 7) is 7.91. The van der Waals surface area contributed by atoms with Gasteiger partial charge in [0, 0.05) is 11.1 Å². The second-order valence-corrected chi connectivity index (χ2v) is 5.89. The third-order valence-corrected chi connectivity index (χ3v) is 3.08. The molecule has 0 spiro atoms. The van der Waals surface area contributed by atoms with Gasteiger partial charge in [0.05, 0.1) is 7.11 Å². The van der Waals surface area contributed by atoms with Crippen LogP contribution in [0.5, 0.6) is 5.75 Å². The lowest BCUT2D eigenvalue weighted by molar-refractivity contribution is 0.101. The average molecular weight is 288 g/mol. The molecule has 112 valence electrons. The van der Waals surface area contributed by atoms with E-state index in [0.717, 1.165) is 11.3 Å². The van der Waals surface area contributed by atoms with Crippen molar-refractivity contribution in [2.45, 2.75) is 33.1 Å². The maximum atomic E-state index is 12.2. The average Bonchev–Trinajstić information content (AvgIpc) is 2.90. The van der Waals surface area contributed by atoms with Crippen molar-refractivity contribution in [1.82, 2.24) is 15.2 Å². The molecule has 6 nitrogen and oxygen atoms in total. The Bertz CT molecular complexity index is 656. The highest BCUT2D eigenvalue weighted by atomic mass is 16.5. The van der Waals surface area contributed by atoms with E-state index in [1.54, 1.807) is 19.2 Å². The summed E-state index contributed by atoms with van der Waals surface area (Å²) < 4.78 is 5.14. The maximum absolute atomic E-state index is 12.2. The molecule has 6 heteroatoms. The van der Waals surface area contributed by atoms with Crippen LogP contribution in [0.1, 0.15) is 42.8 Å². The van der Waals surface area contributed by atoms with E-state index in [1.165, 1.54) is 0 Å². The number of carbonyl (C=O) groups excluding carboxylic acids is 1. The quantitative estimate of drug-likeness (QED) is 0.910. The summed E-state index contributed by atoms with van der Waals surface area (Å²) in [7, 11) is 1.61. The van der Waals surface area contributed by atoms with Gasteiger partial charge in [-0.15, -0.1) is 5.10 Å². The van der Waals surface area contributed by atoms with Crippen molar-refractivity contribution in [2.24, 2.45) is 0 Å². The Morgan fingerprint density at radius 1 is 1.33 bits per heavy atom. The van der Waals surface area contributed by atoms with Gasteiger partial charge in [-0.25, -0.2) is 4.98 Å². The van der Waals surface area contributed by atoms with Crippen LogP contribution in [0.15, 0.2) is 18.2 Å². The van der Waals surface area contributed by atoms with Crippen LogP contribution >= 0.6 is 0 Å². The van der Waals surface area contributed by atoms with Gasteiger partial charge in [0.25, 0.3) is 5.91 Å². The molecular weight excluding hydrogens is 268 g/mol. The fourth-order valence-electron chi connectivity index (χ4n) is 1.78. The van der Waals surface area contributed by atoms with E-state index in [-0.39, 0.29) is 17.1 Å². The Morgan fingerprint density at radius 2 is 2.05 bits per heavy atom. The summed E-state index contributed by atoms with van der Waals surface area (Å²) in [5.41, 5.74) is 1.44. The summed E-state index contributed by atoms with van der Waals surface area (Å²) in [4.78, 5) is 16.4. The van der Waals surface area contributed by atoms with E-state index in [2.05, 4.69) is 20.5 Å². The Labute approximate surface area is 123 Å². The molecule has 0 aliphatic heterocycles. The number of hydrogen-bond donors (Lipinski definition) is 2. The second kappa shape index (κ2) is 5.55. The van der Waals surface area contributed by atoms with Gasteiger partial charge in [-0.05, 0) is 30.7 Å². The Kier molecular flexibility index (Phi) is 3.97. The zero-order chi connectivity index (χ0) is 15.6. The van der Waals surface area contributed by atoms with Crippen LogP contribution in [0.4, 0.5) is 5.69 Å². The van der Waals surface area contributed by atoms with Crippen molar-refractivity contribution in [3.63, 3.8) is 0 Å². The number of H-pyrrole nitrogens is 1. The van der Waals surface area contributed by atoms with Crippen molar-refractivity contribution < 1.29 is 9.53 Å². The number of aromatic amines is 1. The largest absolute Gasteiger partial charge is 0.497 e. The molecule has 21 heavy (non-hydrogen) atoms. The first-order valence-corrected chi connectivity index (χ1v) is 6.70. The van der Waals surface area contributed by atoms with Gasteiger partial charge >= 0.3 is 0 Å². The van der Waals surface area contributed by atoms with E-state index in [1.807, 2.05) is 33.8 Å². The van der Waals surface area contributed by atoms with E-state index in [4.69, 9.17) is 4.74 Å². The van der Waals surface area contributed by atoms with Gasteiger partial charge < -0.3 is 10.1 Å². The van der Waals surface area contributed by atoms with Crippen molar-refractivity contribution in [1.29, 1.82) is 0 Å². The number of methoxy groups -OCH3 is 1. The molecule has 1 aromatic carbocycles. The maximum Gasteiger partial charge on any atom is 0.295 e. The molecule has 2 aromatic rings. The molecule has 0 saturated heterocycles. The molecule has 0 bridgehead atoms. The number of benzene rings is 1. The van der Waals surface area contributed by atoms with Crippen LogP contribution in [0, 0.1) is 6.92 Å². The minimum atomic E-state index is -0.338. The van der Waals surface area contributed by atoms with E-state index >= 15 is 0 Å². The molecule has 0 fully saturated rings. The fraction of sp³-hybridized carbons (Fsp3) is 0.400. The summed E-state index contributed by atoms with van der Waals surface area (Å²) in [5.74, 6) is 1.22. The molecule has 2 N–H and O–H groups in total. The zero-order valence-corrected chi connectivity index (χ0v) is 12.9. The number of aryl methyl sites for hydroxylation is 1. The topological polar surface area (TPSA) is 79.9 Å².